The molecule has 2 nitrogen and oxygen atoms in total. The van der Waals surface area contributed by atoms with Crippen LogP contribution in [0.1, 0.15) is 24.3 Å². The number of nitrogens with one attached hydrogen (secondary N) is 1. The Morgan fingerprint density at radius 1 is 1.58 bits per heavy atom. The zero-order chi connectivity index (χ0) is 8.39. The molecule has 1 amide bonds. The number of amides is 1. The highest BCUT2D eigenvalue weighted by atomic mass is 16.1. The highest BCUT2D eigenvalue weighted by Crippen LogP contribution is 2.40. The summed E-state index contributed by atoms with van der Waals surface area (Å²) in [4.78, 5) is 10.1. The van der Waals surface area contributed by atoms with E-state index in [9.17, 15) is 4.79 Å². The van der Waals surface area contributed by atoms with Gasteiger partial charge in [0.05, 0.1) is 0 Å². The summed E-state index contributed by atoms with van der Waals surface area (Å²) in [5.74, 6) is 0.729. The van der Waals surface area contributed by atoms with Crippen molar-refractivity contribution in [3.63, 3.8) is 0 Å². The van der Waals surface area contributed by atoms with E-state index in [2.05, 4.69) is 17.4 Å². The lowest BCUT2D eigenvalue weighted by Crippen LogP contribution is -1.94. The molecule has 1 saturated carbocycles. The molecule has 0 bridgehead atoms. The average Bonchev–Trinajstić information content (AvgIpc) is 2.88. The third-order valence-corrected chi connectivity index (χ3v) is 2.09. The van der Waals surface area contributed by atoms with Gasteiger partial charge in [0, 0.05) is 11.8 Å². The fourth-order valence-corrected chi connectivity index (χ4v) is 1.30. The molecule has 0 saturated heterocycles. The van der Waals surface area contributed by atoms with E-state index in [1.54, 1.807) is 0 Å². The van der Waals surface area contributed by atoms with Crippen LogP contribution in [-0.4, -0.2) is 6.41 Å². The summed E-state index contributed by atoms with van der Waals surface area (Å²) in [6.45, 7) is 0. The van der Waals surface area contributed by atoms with E-state index < -0.39 is 0 Å². The summed E-state index contributed by atoms with van der Waals surface area (Å²) in [6.07, 6.45) is 3.25. The minimum atomic E-state index is 0.683. The number of carbonyl (C=O) groups excluding carboxylic acids is 1. The molecule has 1 aromatic carbocycles. The van der Waals surface area contributed by atoms with Crippen LogP contribution in [0.2, 0.25) is 0 Å². The zero-order valence-electron chi connectivity index (χ0n) is 6.71. The van der Waals surface area contributed by atoms with Crippen molar-refractivity contribution in [3.8, 4) is 0 Å². The van der Waals surface area contributed by atoms with Gasteiger partial charge in [-0.1, -0.05) is 12.1 Å². The monoisotopic (exact) mass is 160 g/mol. The number of hydrogen-bond acceptors (Lipinski definition) is 1. The Bertz CT molecular complexity index is 292. The van der Waals surface area contributed by atoms with E-state index in [0.717, 1.165) is 11.6 Å². The third-order valence-electron chi connectivity index (χ3n) is 2.09. The van der Waals surface area contributed by atoms with Crippen molar-refractivity contribution in [1.82, 2.24) is 0 Å². The Balaban J connectivity index is 2.20. The van der Waals surface area contributed by atoms with E-state index in [1.165, 1.54) is 18.4 Å². The molecule has 2 heteroatoms. The van der Waals surface area contributed by atoms with Crippen LogP contribution in [-0.2, 0) is 4.79 Å². The maximum absolute atomic E-state index is 10.1. The summed E-state index contributed by atoms with van der Waals surface area (Å²) in [5, 5.41) is 2.59. The van der Waals surface area contributed by atoms with Gasteiger partial charge in [-0.15, -0.1) is 0 Å². The maximum atomic E-state index is 10.1. The van der Waals surface area contributed by atoms with Crippen molar-refractivity contribution in [3.05, 3.63) is 29.8 Å². The van der Waals surface area contributed by atoms with Crippen molar-refractivity contribution >= 4 is 12.1 Å². The SMILES string of the molecule is O=CNc1[c]ccc(C2CC2)c1. The molecule has 0 aliphatic heterocycles. The van der Waals surface area contributed by atoms with Gasteiger partial charge in [0.1, 0.15) is 0 Å². The number of hydrogen-bond donors (Lipinski definition) is 1. The highest BCUT2D eigenvalue weighted by molar-refractivity contribution is 5.71. The molecule has 1 aliphatic rings. The van der Waals surface area contributed by atoms with E-state index >= 15 is 0 Å². The first kappa shape index (κ1) is 7.35. The highest BCUT2D eigenvalue weighted by Gasteiger charge is 2.23. The predicted molar refractivity (Wildman–Crippen MR) is 46.9 cm³/mol. The van der Waals surface area contributed by atoms with Gasteiger partial charge >= 0.3 is 0 Å². The van der Waals surface area contributed by atoms with Crippen LogP contribution in [0.25, 0.3) is 0 Å². The minimum absolute atomic E-state index is 0.683. The number of rotatable bonds is 3. The van der Waals surface area contributed by atoms with Crippen LogP contribution in [0.4, 0.5) is 5.69 Å². The molecule has 1 radical (unpaired) electrons. The fourth-order valence-electron chi connectivity index (χ4n) is 1.30. The van der Waals surface area contributed by atoms with Crippen molar-refractivity contribution in [2.75, 3.05) is 5.32 Å². The Labute approximate surface area is 71.6 Å². The lowest BCUT2D eigenvalue weighted by atomic mass is 10.1. The molecule has 1 aromatic rings. The van der Waals surface area contributed by atoms with Gasteiger partial charge in [0.2, 0.25) is 6.41 Å². The van der Waals surface area contributed by atoms with Gasteiger partial charge in [0.15, 0.2) is 0 Å². The minimum Gasteiger partial charge on any atom is -0.328 e. The first-order valence-electron chi connectivity index (χ1n) is 4.12. The Morgan fingerprint density at radius 2 is 2.42 bits per heavy atom. The van der Waals surface area contributed by atoms with E-state index in [-0.39, 0.29) is 0 Å². The molecule has 0 aromatic heterocycles. The van der Waals surface area contributed by atoms with E-state index in [1.807, 2.05) is 12.1 Å². The average molecular weight is 160 g/mol. The largest absolute Gasteiger partial charge is 0.328 e. The molecule has 1 fully saturated rings. The van der Waals surface area contributed by atoms with Gasteiger partial charge in [-0.05, 0) is 30.4 Å². The van der Waals surface area contributed by atoms with Gasteiger partial charge in [-0.25, -0.2) is 0 Å². The molecule has 1 aliphatic carbocycles. The van der Waals surface area contributed by atoms with Crippen LogP contribution in [0.3, 0.4) is 0 Å². The Hall–Kier alpha value is -1.31. The normalized spacial score (nSPS) is 15.7. The Kier molecular flexibility index (Phi) is 1.82. The molecule has 0 unspecified atom stereocenters. The van der Waals surface area contributed by atoms with Crippen LogP contribution in [0.15, 0.2) is 18.2 Å². The third kappa shape index (κ3) is 1.47. The quantitative estimate of drug-likeness (QED) is 0.672. The zero-order valence-corrected chi connectivity index (χ0v) is 6.71. The fraction of sp³-hybridized carbons (Fsp3) is 0.300. The molecular weight excluding hydrogens is 150 g/mol. The first-order chi connectivity index (χ1) is 5.90. The van der Waals surface area contributed by atoms with Crippen molar-refractivity contribution in [2.45, 2.75) is 18.8 Å². The second-order valence-electron chi connectivity index (χ2n) is 3.07. The lowest BCUT2D eigenvalue weighted by molar-refractivity contribution is -0.105. The summed E-state index contributed by atoms with van der Waals surface area (Å²) in [6, 6.07) is 8.87. The number of carbonyl (C=O) groups is 1. The van der Waals surface area contributed by atoms with Crippen molar-refractivity contribution in [2.24, 2.45) is 0 Å². The second-order valence-corrected chi connectivity index (χ2v) is 3.07. The van der Waals surface area contributed by atoms with Crippen LogP contribution in [0.5, 0.6) is 0 Å². The smallest absolute Gasteiger partial charge is 0.211 e. The standard InChI is InChI=1S/C10H10NO/c12-7-11-10-3-1-2-9(6-10)8-4-5-8/h1-2,6-8H,4-5H2,(H,11,12). The molecule has 12 heavy (non-hydrogen) atoms. The van der Waals surface area contributed by atoms with Crippen LogP contribution in [0, 0.1) is 6.07 Å². The number of anilines is 1. The molecule has 1 N–H and O–H groups in total. The molecular formula is C10H10NO. The molecule has 0 atom stereocenters. The van der Waals surface area contributed by atoms with Crippen LogP contribution < -0.4 is 5.32 Å². The van der Waals surface area contributed by atoms with E-state index in [4.69, 9.17) is 0 Å². The maximum Gasteiger partial charge on any atom is 0.211 e. The topological polar surface area (TPSA) is 29.1 Å². The summed E-state index contributed by atoms with van der Waals surface area (Å²) < 4.78 is 0. The number of benzene rings is 1. The first-order valence-corrected chi connectivity index (χ1v) is 4.12. The molecule has 0 heterocycles. The Morgan fingerprint density at radius 3 is 3.08 bits per heavy atom. The lowest BCUT2D eigenvalue weighted by Gasteiger charge is -2.00. The van der Waals surface area contributed by atoms with E-state index in [0.29, 0.717) is 6.41 Å². The molecule has 61 valence electrons. The van der Waals surface area contributed by atoms with Crippen molar-refractivity contribution < 1.29 is 4.79 Å². The van der Waals surface area contributed by atoms with Gasteiger partial charge in [-0.2, -0.15) is 0 Å². The predicted octanol–water partition coefficient (Wildman–Crippen LogP) is 1.93. The van der Waals surface area contributed by atoms with Gasteiger partial charge in [0.25, 0.3) is 0 Å². The van der Waals surface area contributed by atoms with Crippen LogP contribution >= 0.6 is 0 Å². The molecule has 2 rings (SSSR count). The van der Waals surface area contributed by atoms with Gasteiger partial charge in [-0.3, -0.25) is 4.79 Å². The summed E-state index contributed by atoms with van der Waals surface area (Å²) >= 11 is 0. The molecule has 0 spiro atoms. The second kappa shape index (κ2) is 2.97. The summed E-state index contributed by atoms with van der Waals surface area (Å²) in [7, 11) is 0. The van der Waals surface area contributed by atoms with Gasteiger partial charge < -0.3 is 5.32 Å². The summed E-state index contributed by atoms with van der Waals surface area (Å²) in [5.41, 5.74) is 2.09. The van der Waals surface area contributed by atoms with Crippen molar-refractivity contribution in [1.29, 1.82) is 0 Å².